The lowest BCUT2D eigenvalue weighted by molar-refractivity contribution is -0.120. The Labute approximate surface area is 141 Å². The first-order valence-electron chi connectivity index (χ1n) is 7.52. The van der Waals surface area contributed by atoms with Crippen LogP contribution in [0.3, 0.4) is 0 Å². The van der Waals surface area contributed by atoms with Crippen LogP contribution in [0.15, 0.2) is 17.2 Å². The maximum absolute atomic E-state index is 11.2. The molecular formula is C17H21ClN4O. The lowest BCUT2D eigenvalue weighted by atomic mass is 9.80. The fraction of sp³-hybridized carbons (Fsp3) is 0.471. The summed E-state index contributed by atoms with van der Waals surface area (Å²) in [5.74, 6) is -0.0264. The number of anilines is 1. The van der Waals surface area contributed by atoms with Crippen LogP contribution in [0, 0.1) is 11.3 Å². The number of carbonyl (C=O) groups is 1. The van der Waals surface area contributed by atoms with Gasteiger partial charge in [-0.3, -0.25) is 4.79 Å². The first-order valence-corrected chi connectivity index (χ1v) is 7.90. The zero-order valence-corrected chi connectivity index (χ0v) is 14.6. The van der Waals surface area contributed by atoms with E-state index < -0.39 is 5.91 Å². The minimum Gasteiger partial charge on any atom is -0.369 e. The van der Waals surface area contributed by atoms with E-state index in [1.54, 1.807) is 6.07 Å². The van der Waals surface area contributed by atoms with Gasteiger partial charge in [-0.2, -0.15) is 10.4 Å². The third-order valence-electron chi connectivity index (χ3n) is 4.38. The lowest BCUT2D eigenvalue weighted by Gasteiger charge is -2.45. The molecule has 0 spiro atoms. The molecule has 1 aromatic carbocycles. The molecular weight excluding hydrogens is 312 g/mol. The molecule has 0 aromatic heterocycles. The average molecular weight is 333 g/mol. The highest BCUT2D eigenvalue weighted by molar-refractivity contribution is 6.33. The third kappa shape index (κ3) is 3.65. The molecule has 1 atom stereocenters. The van der Waals surface area contributed by atoms with Crippen LogP contribution in [0.1, 0.15) is 50.7 Å². The molecule has 1 aliphatic rings. The van der Waals surface area contributed by atoms with E-state index >= 15 is 0 Å². The van der Waals surface area contributed by atoms with Gasteiger partial charge < -0.3 is 4.90 Å². The van der Waals surface area contributed by atoms with Gasteiger partial charge in [-0.15, -0.1) is 0 Å². The summed E-state index contributed by atoms with van der Waals surface area (Å²) < 4.78 is 0. The monoisotopic (exact) mass is 332 g/mol. The van der Waals surface area contributed by atoms with E-state index in [0.717, 1.165) is 17.7 Å². The van der Waals surface area contributed by atoms with Crippen molar-refractivity contribution in [1.82, 2.24) is 5.43 Å². The summed E-state index contributed by atoms with van der Waals surface area (Å²) in [6.07, 6.45) is 2.35. The highest BCUT2D eigenvalue weighted by atomic mass is 35.5. The second-order valence-corrected chi connectivity index (χ2v) is 6.94. The van der Waals surface area contributed by atoms with Crippen LogP contribution in [0.5, 0.6) is 0 Å². The number of fused-ring (bicyclic) bond motifs is 1. The molecule has 1 unspecified atom stereocenters. The number of hydrogen-bond acceptors (Lipinski definition) is 4. The van der Waals surface area contributed by atoms with Crippen LogP contribution in [0.25, 0.3) is 0 Å². The zero-order chi connectivity index (χ0) is 17.2. The van der Waals surface area contributed by atoms with Crippen molar-refractivity contribution in [3.63, 3.8) is 0 Å². The Kier molecular flexibility index (Phi) is 4.96. The molecule has 0 saturated heterocycles. The van der Waals surface area contributed by atoms with Crippen molar-refractivity contribution >= 4 is 29.4 Å². The van der Waals surface area contributed by atoms with E-state index in [9.17, 15) is 4.79 Å². The van der Waals surface area contributed by atoms with Crippen LogP contribution in [-0.4, -0.2) is 24.7 Å². The molecule has 6 heteroatoms. The summed E-state index contributed by atoms with van der Waals surface area (Å²) in [7, 11) is 2.08. The van der Waals surface area contributed by atoms with Crippen LogP contribution < -0.4 is 10.3 Å². The minimum absolute atomic E-state index is 0.0800. The van der Waals surface area contributed by atoms with E-state index in [1.807, 2.05) is 12.1 Å². The molecule has 23 heavy (non-hydrogen) atoms. The first-order chi connectivity index (χ1) is 10.8. The number of carbonyl (C=O) groups excluding carboxylic acids is 1. The second-order valence-electron chi connectivity index (χ2n) is 6.54. The van der Waals surface area contributed by atoms with Gasteiger partial charge in [0, 0.05) is 23.8 Å². The van der Waals surface area contributed by atoms with Gasteiger partial charge in [-0.05, 0) is 43.9 Å². The largest absolute Gasteiger partial charge is 0.369 e. The van der Waals surface area contributed by atoms with Gasteiger partial charge in [0.15, 0.2) is 0 Å². The van der Waals surface area contributed by atoms with Gasteiger partial charge in [0.1, 0.15) is 6.42 Å². The van der Waals surface area contributed by atoms with Crippen molar-refractivity contribution < 1.29 is 4.79 Å². The standard InChI is InChI=1S/C17H21ClN4O/c1-11-9-17(2,3)22(4)15-8-14(18)12(7-13(11)15)10-20-21-16(23)5-6-19/h7-8,10-11H,5,9H2,1-4H3,(H,21,23)/b20-10+. The van der Waals surface area contributed by atoms with E-state index in [1.165, 1.54) is 11.8 Å². The number of nitriles is 1. The number of nitrogens with zero attached hydrogens (tertiary/aromatic N) is 3. The number of amides is 1. The normalized spacial score (nSPS) is 19.3. The fourth-order valence-corrected chi connectivity index (χ4v) is 3.20. The number of hydrazone groups is 1. The topological polar surface area (TPSA) is 68.5 Å². The molecule has 0 radical (unpaired) electrons. The second kappa shape index (κ2) is 6.59. The molecule has 1 aliphatic heterocycles. The Morgan fingerprint density at radius 2 is 2.30 bits per heavy atom. The van der Waals surface area contributed by atoms with Gasteiger partial charge in [-0.25, -0.2) is 5.43 Å². The average Bonchev–Trinajstić information content (AvgIpc) is 2.46. The Hall–Kier alpha value is -2.06. The Bertz CT molecular complexity index is 691. The number of nitrogens with one attached hydrogen (secondary N) is 1. The molecule has 5 nitrogen and oxygen atoms in total. The van der Waals surface area contributed by atoms with Gasteiger partial charge in [0.25, 0.3) is 5.91 Å². The summed E-state index contributed by atoms with van der Waals surface area (Å²) >= 11 is 6.36. The minimum atomic E-state index is -0.437. The highest BCUT2D eigenvalue weighted by Gasteiger charge is 2.34. The predicted octanol–water partition coefficient (Wildman–Crippen LogP) is 3.43. The summed E-state index contributed by atoms with van der Waals surface area (Å²) in [5.41, 5.74) is 5.50. The Balaban J connectivity index is 2.29. The summed E-state index contributed by atoms with van der Waals surface area (Å²) in [4.78, 5) is 13.5. The number of hydrogen-bond donors (Lipinski definition) is 1. The van der Waals surface area contributed by atoms with Crippen molar-refractivity contribution in [2.24, 2.45) is 5.10 Å². The lowest BCUT2D eigenvalue weighted by Crippen LogP contribution is -2.45. The quantitative estimate of drug-likeness (QED) is 0.681. The van der Waals surface area contributed by atoms with Gasteiger partial charge in [0.05, 0.1) is 17.3 Å². The molecule has 1 aromatic rings. The Morgan fingerprint density at radius 3 is 2.96 bits per heavy atom. The van der Waals surface area contributed by atoms with E-state index in [-0.39, 0.29) is 12.0 Å². The van der Waals surface area contributed by atoms with Crippen molar-refractivity contribution in [3.05, 3.63) is 28.3 Å². The molecule has 1 amide bonds. The smallest absolute Gasteiger partial charge is 0.254 e. The predicted molar refractivity (Wildman–Crippen MR) is 92.9 cm³/mol. The van der Waals surface area contributed by atoms with E-state index in [4.69, 9.17) is 16.9 Å². The third-order valence-corrected chi connectivity index (χ3v) is 4.71. The molecule has 122 valence electrons. The zero-order valence-electron chi connectivity index (χ0n) is 13.9. The van der Waals surface area contributed by atoms with Gasteiger partial charge in [0.2, 0.25) is 0 Å². The van der Waals surface area contributed by atoms with Crippen LogP contribution in [0.2, 0.25) is 5.02 Å². The molecule has 0 bridgehead atoms. The van der Waals surface area contributed by atoms with Crippen LogP contribution in [0.4, 0.5) is 5.69 Å². The fourth-order valence-electron chi connectivity index (χ4n) is 2.99. The van der Waals surface area contributed by atoms with Crippen molar-refractivity contribution in [1.29, 1.82) is 5.26 Å². The van der Waals surface area contributed by atoms with Gasteiger partial charge >= 0.3 is 0 Å². The maximum Gasteiger partial charge on any atom is 0.254 e. The number of benzene rings is 1. The van der Waals surface area contributed by atoms with E-state index in [0.29, 0.717) is 10.9 Å². The summed E-state index contributed by atoms with van der Waals surface area (Å²) in [6, 6.07) is 5.74. The maximum atomic E-state index is 11.2. The molecule has 2 rings (SSSR count). The van der Waals surface area contributed by atoms with Crippen molar-refractivity contribution in [3.8, 4) is 6.07 Å². The first kappa shape index (κ1) is 17.3. The molecule has 0 aliphatic carbocycles. The summed E-state index contributed by atoms with van der Waals surface area (Å²) in [6.45, 7) is 6.65. The Morgan fingerprint density at radius 1 is 1.61 bits per heavy atom. The van der Waals surface area contributed by atoms with Crippen molar-refractivity contribution in [2.75, 3.05) is 11.9 Å². The van der Waals surface area contributed by atoms with Crippen LogP contribution in [-0.2, 0) is 4.79 Å². The van der Waals surface area contributed by atoms with E-state index in [2.05, 4.69) is 43.2 Å². The number of rotatable bonds is 3. The molecule has 0 saturated carbocycles. The molecule has 1 N–H and O–H groups in total. The van der Waals surface area contributed by atoms with Crippen molar-refractivity contribution in [2.45, 2.75) is 45.1 Å². The SMILES string of the molecule is CC1CC(C)(C)N(C)c2cc(Cl)c(/C=N/NC(=O)CC#N)cc21. The van der Waals surface area contributed by atoms with Gasteiger partial charge in [-0.1, -0.05) is 18.5 Å². The molecule has 1 heterocycles. The summed E-state index contributed by atoms with van der Waals surface area (Å²) in [5, 5.41) is 12.9. The highest BCUT2D eigenvalue weighted by Crippen LogP contribution is 2.43. The van der Waals surface area contributed by atoms with Crippen LogP contribution >= 0.6 is 11.6 Å². The molecule has 0 fully saturated rings. The number of halogens is 1.